The van der Waals surface area contributed by atoms with Crippen LogP contribution in [0.15, 0.2) is 42.5 Å². The molecule has 2 saturated heterocycles. The Kier molecular flexibility index (Phi) is 17.4. The van der Waals surface area contributed by atoms with Gasteiger partial charge in [-0.1, -0.05) is 51.3 Å². The van der Waals surface area contributed by atoms with Crippen molar-refractivity contribution in [2.45, 2.75) is 103 Å². The molecule has 3 fully saturated rings. The van der Waals surface area contributed by atoms with Crippen LogP contribution in [0, 0.1) is 17.8 Å². The van der Waals surface area contributed by atoms with Gasteiger partial charge in [0.1, 0.15) is 31.3 Å². The Morgan fingerprint density at radius 3 is 2.36 bits per heavy atom. The lowest BCUT2D eigenvalue weighted by Crippen LogP contribution is -2.54. The van der Waals surface area contributed by atoms with E-state index < -0.39 is 12.1 Å². The Hall–Kier alpha value is -3.38. The number of ether oxygens (including phenoxy) is 7. The van der Waals surface area contributed by atoms with E-state index in [1.807, 2.05) is 47.4 Å². The van der Waals surface area contributed by atoms with E-state index in [0.717, 1.165) is 94.7 Å². The number of likely N-dealkylation sites (tertiary alicyclic amines) is 1. The minimum absolute atomic E-state index is 0.0212. The van der Waals surface area contributed by atoms with E-state index >= 15 is 0 Å². The van der Waals surface area contributed by atoms with Gasteiger partial charge < -0.3 is 38.1 Å². The van der Waals surface area contributed by atoms with Gasteiger partial charge in [-0.05, 0) is 98.6 Å². The highest BCUT2D eigenvalue weighted by molar-refractivity contribution is 5.86. The zero-order valence-corrected chi connectivity index (χ0v) is 34.0. The normalized spacial score (nSPS) is 20.1. The molecule has 3 aliphatic rings. The van der Waals surface area contributed by atoms with Crippen LogP contribution in [-0.2, 0) is 35.0 Å². The molecule has 2 aromatic rings. The molecule has 11 heteroatoms. The Balaban J connectivity index is 1.37. The van der Waals surface area contributed by atoms with E-state index in [1.165, 1.54) is 6.42 Å². The summed E-state index contributed by atoms with van der Waals surface area (Å²) in [4.78, 5) is 33.6. The molecule has 2 aliphatic heterocycles. The van der Waals surface area contributed by atoms with E-state index in [9.17, 15) is 9.59 Å². The average molecular weight is 767 g/mol. The standard InChI is InChI=1S/C44H66N2O9/c1-32(2)28-41(54-31-49-3)42(34-12-7-6-8-13-34)43(47)46-21-10-9-16-37(46)44(48)55-38(19-17-33-18-20-39(50-4)40(29-33)51-5)35-14-11-15-36(30-35)53-27-24-45-22-25-52-26-23-45/h11,14-15,18,20,29-30,32,34,37-38,41-42H,6-10,12-13,16-17,19,21-28,31H2,1-5H3/t37?,38?,41-,42+/m1/s1. The first-order valence-corrected chi connectivity index (χ1v) is 20.7. The summed E-state index contributed by atoms with van der Waals surface area (Å²) < 4.78 is 40.9. The highest BCUT2D eigenvalue weighted by Crippen LogP contribution is 2.38. The molecule has 11 nitrogen and oxygen atoms in total. The van der Waals surface area contributed by atoms with Crippen molar-refractivity contribution in [1.29, 1.82) is 0 Å². The third kappa shape index (κ3) is 12.6. The molecule has 1 aliphatic carbocycles. The van der Waals surface area contributed by atoms with Crippen molar-refractivity contribution in [3.63, 3.8) is 0 Å². The summed E-state index contributed by atoms with van der Waals surface area (Å²) in [5, 5.41) is 0. The molecule has 0 spiro atoms. The summed E-state index contributed by atoms with van der Waals surface area (Å²) in [6, 6.07) is 13.1. The lowest BCUT2D eigenvalue weighted by molar-refractivity contribution is -0.169. The van der Waals surface area contributed by atoms with Gasteiger partial charge in [-0.25, -0.2) is 4.79 Å². The number of methoxy groups -OCH3 is 3. The number of nitrogens with zero attached hydrogens (tertiary/aromatic N) is 2. The Morgan fingerprint density at radius 1 is 0.873 bits per heavy atom. The maximum Gasteiger partial charge on any atom is 0.329 e. The number of esters is 1. The predicted molar refractivity (Wildman–Crippen MR) is 212 cm³/mol. The van der Waals surface area contributed by atoms with Crippen LogP contribution in [0.1, 0.15) is 95.3 Å². The lowest BCUT2D eigenvalue weighted by Gasteiger charge is -2.42. The summed E-state index contributed by atoms with van der Waals surface area (Å²) >= 11 is 0. The number of piperidine rings is 1. The first kappa shape index (κ1) is 42.8. The molecule has 2 aromatic carbocycles. The molecule has 0 bridgehead atoms. The Bertz CT molecular complexity index is 1460. The number of morpholine rings is 1. The molecule has 4 atom stereocenters. The number of amides is 1. The predicted octanol–water partition coefficient (Wildman–Crippen LogP) is 7.24. The summed E-state index contributed by atoms with van der Waals surface area (Å²) in [5.41, 5.74) is 1.89. The zero-order chi connectivity index (χ0) is 39.0. The van der Waals surface area contributed by atoms with Crippen LogP contribution in [-0.4, -0.2) is 108 Å². The van der Waals surface area contributed by atoms with Gasteiger partial charge in [0.05, 0.1) is 39.5 Å². The summed E-state index contributed by atoms with van der Waals surface area (Å²) in [7, 11) is 4.87. The fourth-order valence-electron chi connectivity index (χ4n) is 8.50. The number of carbonyl (C=O) groups is 2. The zero-order valence-electron chi connectivity index (χ0n) is 34.0. The molecular weight excluding hydrogens is 700 g/mol. The van der Waals surface area contributed by atoms with Crippen LogP contribution >= 0.6 is 0 Å². The van der Waals surface area contributed by atoms with Gasteiger partial charge >= 0.3 is 5.97 Å². The SMILES string of the molecule is COCO[C@H](CC(C)C)[C@@H](C(=O)N1CCCCC1C(=O)OC(CCc1ccc(OC)c(OC)c1)c1cccc(OCCN2CCOCC2)c1)C1CCCCC1. The van der Waals surface area contributed by atoms with E-state index in [1.54, 1.807) is 21.3 Å². The largest absolute Gasteiger partial charge is 0.493 e. The summed E-state index contributed by atoms with van der Waals surface area (Å²) in [6.45, 7) is 9.65. The van der Waals surface area contributed by atoms with Crippen molar-refractivity contribution < 1.29 is 42.7 Å². The van der Waals surface area contributed by atoms with Crippen molar-refractivity contribution in [2.24, 2.45) is 17.8 Å². The van der Waals surface area contributed by atoms with E-state index in [0.29, 0.717) is 49.8 Å². The monoisotopic (exact) mass is 766 g/mol. The number of carbonyl (C=O) groups excluding carboxylic acids is 2. The van der Waals surface area contributed by atoms with Crippen LogP contribution in [0.3, 0.4) is 0 Å². The van der Waals surface area contributed by atoms with Crippen LogP contribution < -0.4 is 14.2 Å². The molecule has 5 rings (SSSR count). The van der Waals surface area contributed by atoms with Crippen molar-refractivity contribution in [3.8, 4) is 17.2 Å². The van der Waals surface area contributed by atoms with Gasteiger partial charge in [0.25, 0.3) is 0 Å². The van der Waals surface area contributed by atoms with Crippen LogP contribution in [0.2, 0.25) is 0 Å². The van der Waals surface area contributed by atoms with Gasteiger partial charge in [0.15, 0.2) is 11.5 Å². The average Bonchev–Trinajstić information content (AvgIpc) is 3.22. The van der Waals surface area contributed by atoms with E-state index in [4.69, 9.17) is 33.2 Å². The van der Waals surface area contributed by atoms with Gasteiger partial charge in [0, 0.05) is 33.3 Å². The second kappa shape index (κ2) is 22.4. The molecule has 1 saturated carbocycles. The van der Waals surface area contributed by atoms with Gasteiger partial charge in [0.2, 0.25) is 5.91 Å². The number of hydrogen-bond donors (Lipinski definition) is 0. The minimum Gasteiger partial charge on any atom is -0.493 e. The fourth-order valence-corrected chi connectivity index (χ4v) is 8.50. The number of aryl methyl sites for hydroxylation is 1. The number of rotatable bonds is 20. The van der Waals surface area contributed by atoms with Crippen molar-refractivity contribution in [3.05, 3.63) is 53.6 Å². The second-order valence-corrected chi connectivity index (χ2v) is 15.7. The molecule has 55 heavy (non-hydrogen) atoms. The molecule has 2 heterocycles. The second-order valence-electron chi connectivity index (χ2n) is 15.7. The van der Waals surface area contributed by atoms with Crippen LogP contribution in [0.25, 0.3) is 0 Å². The molecule has 1 amide bonds. The Labute approximate surface area is 329 Å². The maximum atomic E-state index is 14.9. The van der Waals surface area contributed by atoms with Gasteiger partial charge in [-0.3, -0.25) is 9.69 Å². The smallest absolute Gasteiger partial charge is 0.329 e. The molecule has 0 aromatic heterocycles. The van der Waals surface area contributed by atoms with Crippen LogP contribution in [0.5, 0.6) is 17.2 Å². The van der Waals surface area contributed by atoms with Crippen molar-refractivity contribution >= 4 is 11.9 Å². The highest BCUT2D eigenvalue weighted by atomic mass is 16.7. The Morgan fingerprint density at radius 2 is 1.64 bits per heavy atom. The minimum atomic E-state index is -0.661. The first-order valence-electron chi connectivity index (χ1n) is 20.7. The summed E-state index contributed by atoms with van der Waals surface area (Å²) in [6.07, 6.45) is 8.75. The number of hydrogen-bond acceptors (Lipinski definition) is 10. The summed E-state index contributed by atoms with van der Waals surface area (Å²) in [5.74, 6) is 1.92. The van der Waals surface area contributed by atoms with Gasteiger partial charge in [-0.15, -0.1) is 0 Å². The third-order valence-electron chi connectivity index (χ3n) is 11.4. The van der Waals surface area contributed by atoms with E-state index in [2.05, 4.69) is 18.7 Å². The van der Waals surface area contributed by atoms with Crippen molar-refractivity contribution in [1.82, 2.24) is 9.80 Å². The molecule has 2 unspecified atom stereocenters. The topological polar surface area (TPSA) is 105 Å². The molecule has 306 valence electrons. The maximum absolute atomic E-state index is 14.9. The van der Waals surface area contributed by atoms with Gasteiger partial charge in [-0.2, -0.15) is 0 Å². The highest BCUT2D eigenvalue weighted by Gasteiger charge is 2.44. The fraction of sp³-hybridized carbons (Fsp3) is 0.682. The first-order chi connectivity index (χ1) is 26.8. The molecule has 0 N–H and O–H groups in total. The number of benzene rings is 2. The molecular formula is C44H66N2O9. The lowest BCUT2D eigenvalue weighted by atomic mass is 9.74. The van der Waals surface area contributed by atoms with Crippen LogP contribution in [0.4, 0.5) is 0 Å². The van der Waals surface area contributed by atoms with Crippen molar-refractivity contribution in [2.75, 3.05) is 74.1 Å². The third-order valence-corrected chi connectivity index (χ3v) is 11.4. The molecule has 0 radical (unpaired) electrons. The quantitative estimate of drug-likeness (QED) is 0.101. The van der Waals surface area contributed by atoms with E-state index in [-0.39, 0.29) is 36.6 Å².